The van der Waals surface area contributed by atoms with Gasteiger partial charge < -0.3 is 10.1 Å². The molecule has 4 nitrogen and oxygen atoms in total. The van der Waals surface area contributed by atoms with E-state index in [4.69, 9.17) is 5.73 Å². The SMILES string of the molecule is Cc1nc2ccccn2c1CCC(N)=O. The van der Waals surface area contributed by atoms with Crippen molar-refractivity contribution in [2.24, 2.45) is 5.73 Å². The Hall–Kier alpha value is -1.84. The van der Waals surface area contributed by atoms with Crippen molar-refractivity contribution in [3.63, 3.8) is 0 Å². The van der Waals surface area contributed by atoms with Crippen molar-refractivity contribution < 1.29 is 4.79 Å². The Morgan fingerprint density at radius 2 is 2.33 bits per heavy atom. The summed E-state index contributed by atoms with van der Waals surface area (Å²) in [4.78, 5) is 15.1. The van der Waals surface area contributed by atoms with Crippen molar-refractivity contribution in [2.75, 3.05) is 0 Å². The average Bonchev–Trinajstić information content (AvgIpc) is 2.50. The van der Waals surface area contributed by atoms with E-state index in [1.165, 1.54) is 0 Å². The number of nitrogens with zero attached hydrogens (tertiary/aromatic N) is 2. The lowest BCUT2D eigenvalue weighted by Crippen LogP contribution is -2.12. The number of aryl methyl sites for hydroxylation is 2. The zero-order chi connectivity index (χ0) is 10.8. The summed E-state index contributed by atoms with van der Waals surface area (Å²) in [7, 11) is 0. The van der Waals surface area contributed by atoms with Crippen molar-refractivity contribution in [2.45, 2.75) is 19.8 Å². The molecule has 0 radical (unpaired) electrons. The predicted molar refractivity (Wildman–Crippen MR) is 57.4 cm³/mol. The Kier molecular flexibility index (Phi) is 2.41. The fourth-order valence-corrected chi connectivity index (χ4v) is 1.71. The van der Waals surface area contributed by atoms with E-state index in [9.17, 15) is 4.79 Å². The monoisotopic (exact) mass is 203 g/mol. The molecular weight excluding hydrogens is 190 g/mol. The van der Waals surface area contributed by atoms with Gasteiger partial charge in [-0.05, 0) is 25.5 Å². The van der Waals surface area contributed by atoms with Gasteiger partial charge in [-0.25, -0.2) is 4.98 Å². The van der Waals surface area contributed by atoms with Crippen LogP contribution >= 0.6 is 0 Å². The quantitative estimate of drug-likeness (QED) is 0.810. The van der Waals surface area contributed by atoms with Crippen LogP contribution in [0.4, 0.5) is 0 Å². The molecule has 4 heteroatoms. The van der Waals surface area contributed by atoms with E-state index in [2.05, 4.69) is 4.98 Å². The molecule has 0 saturated carbocycles. The molecule has 15 heavy (non-hydrogen) atoms. The Labute approximate surface area is 87.7 Å². The zero-order valence-corrected chi connectivity index (χ0v) is 8.60. The first kappa shape index (κ1) is 9.71. The number of fused-ring (bicyclic) bond motifs is 1. The average molecular weight is 203 g/mol. The van der Waals surface area contributed by atoms with Gasteiger partial charge in [-0.1, -0.05) is 6.07 Å². The second-order valence-corrected chi connectivity index (χ2v) is 3.54. The molecule has 2 aromatic heterocycles. The van der Waals surface area contributed by atoms with Gasteiger partial charge in [0.15, 0.2) is 0 Å². The van der Waals surface area contributed by atoms with Crippen LogP contribution in [-0.4, -0.2) is 15.3 Å². The third kappa shape index (κ3) is 1.83. The summed E-state index contributed by atoms with van der Waals surface area (Å²) in [5, 5.41) is 0. The molecule has 0 aliphatic heterocycles. The molecule has 0 aliphatic carbocycles. The van der Waals surface area contributed by atoms with Crippen LogP contribution in [0.1, 0.15) is 17.8 Å². The van der Waals surface area contributed by atoms with E-state index in [-0.39, 0.29) is 5.91 Å². The lowest BCUT2D eigenvalue weighted by Gasteiger charge is -2.00. The van der Waals surface area contributed by atoms with Crippen LogP contribution in [0.15, 0.2) is 24.4 Å². The number of pyridine rings is 1. The highest BCUT2D eigenvalue weighted by Crippen LogP contribution is 2.13. The summed E-state index contributed by atoms with van der Waals surface area (Å²) in [5.41, 5.74) is 8.07. The summed E-state index contributed by atoms with van der Waals surface area (Å²) >= 11 is 0. The fraction of sp³-hybridized carbons (Fsp3) is 0.273. The Balaban J connectivity index is 2.40. The molecule has 2 aromatic rings. The van der Waals surface area contributed by atoms with Gasteiger partial charge in [0.2, 0.25) is 5.91 Å². The van der Waals surface area contributed by atoms with Gasteiger partial charge >= 0.3 is 0 Å². The Bertz CT molecular complexity index is 502. The second kappa shape index (κ2) is 3.73. The molecule has 2 N–H and O–H groups in total. The van der Waals surface area contributed by atoms with Gasteiger partial charge in [-0.2, -0.15) is 0 Å². The molecule has 0 aromatic carbocycles. The number of rotatable bonds is 3. The fourth-order valence-electron chi connectivity index (χ4n) is 1.71. The zero-order valence-electron chi connectivity index (χ0n) is 8.60. The standard InChI is InChI=1S/C11H13N3O/c1-8-9(5-6-10(12)15)14-7-3-2-4-11(14)13-8/h2-4,7H,5-6H2,1H3,(H2,12,15). The van der Waals surface area contributed by atoms with Crippen LogP contribution in [-0.2, 0) is 11.2 Å². The molecular formula is C11H13N3O. The molecule has 78 valence electrons. The van der Waals surface area contributed by atoms with Gasteiger partial charge in [0.25, 0.3) is 0 Å². The van der Waals surface area contributed by atoms with Gasteiger partial charge in [-0.3, -0.25) is 4.79 Å². The van der Waals surface area contributed by atoms with Crippen LogP contribution < -0.4 is 5.73 Å². The summed E-state index contributed by atoms with van der Waals surface area (Å²) < 4.78 is 2.00. The lowest BCUT2D eigenvalue weighted by molar-refractivity contribution is -0.118. The summed E-state index contributed by atoms with van der Waals surface area (Å²) in [6.07, 6.45) is 2.96. The van der Waals surface area contributed by atoms with E-state index in [0.29, 0.717) is 12.8 Å². The number of aromatic nitrogens is 2. The first-order valence-electron chi connectivity index (χ1n) is 4.89. The minimum absolute atomic E-state index is 0.278. The largest absolute Gasteiger partial charge is 0.370 e. The Morgan fingerprint density at radius 1 is 1.53 bits per heavy atom. The maximum atomic E-state index is 10.7. The van der Waals surface area contributed by atoms with E-state index in [1.807, 2.05) is 35.7 Å². The maximum Gasteiger partial charge on any atom is 0.217 e. The normalized spacial score (nSPS) is 10.7. The third-order valence-electron chi connectivity index (χ3n) is 2.44. The lowest BCUT2D eigenvalue weighted by atomic mass is 10.2. The molecule has 0 saturated heterocycles. The molecule has 0 fully saturated rings. The molecule has 0 spiro atoms. The number of carbonyl (C=O) groups excluding carboxylic acids is 1. The van der Waals surface area contributed by atoms with Crippen molar-refractivity contribution in [1.82, 2.24) is 9.38 Å². The first-order valence-corrected chi connectivity index (χ1v) is 4.89. The molecule has 0 aliphatic rings. The topological polar surface area (TPSA) is 60.4 Å². The number of hydrogen-bond donors (Lipinski definition) is 1. The van der Waals surface area contributed by atoms with Crippen molar-refractivity contribution in [3.05, 3.63) is 35.8 Å². The predicted octanol–water partition coefficient (Wildman–Crippen LogP) is 1.06. The highest BCUT2D eigenvalue weighted by Gasteiger charge is 2.08. The van der Waals surface area contributed by atoms with Crippen molar-refractivity contribution in [3.8, 4) is 0 Å². The third-order valence-corrected chi connectivity index (χ3v) is 2.44. The highest BCUT2D eigenvalue weighted by atomic mass is 16.1. The van der Waals surface area contributed by atoms with Crippen LogP contribution in [0.25, 0.3) is 5.65 Å². The first-order chi connectivity index (χ1) is 7.18. The molecule has 0 unspecified atom stereocenters. The number of imidazole rings is 1. The minimum atomic E-state index is -0.278. The molecule has 0 atom stereocenters. The maximum absolute atomic E-state index is 10.7. The van der Waals surface area contributed by atoms with Crippen LogP contribution in [0.2, 0.25) is 0 Å². The highest BCUT2D eigenvalue weighted by molar-refractivity contribution is 5.74. The Morgan fingerprint density at radius 3 is 3.07 bits per heavy atom. The van der Waals surface area contributed by atoms with Gasteiger partial charge in [0.05, 0.1) is 5.69 Å². The van der Waals surface area contributed by atoms with Gasteiger partial charge in [0.1, 0.15) is 5.65 Å². The van der Waals surface area contributed by atoms with E-state index >= 15 is 0 Å². The van der Waals surface area contributed by atoms with Crippen molar-refractivity contribution >= 4 is 11.6 Å². The van der Waals surface area contributed by atoms with Crippen LogP contribution in [0, 0.1) is 6.92 Å². The summed E-state index contributed by atoms with van der Waals surface area (Å²) in [6, 6.07) is 5.84. The van der Waals surface area contributed by atoms with Crippen LogP contribution in [0.3, 0.4) is 0 Å². The molecule has 2 rings (SSSR count). The molecule has 1 amide bonds. The smallest absolute Gasteiger partial charge is 0.217 e. The van der Waals surface area contributed by atoms with Gasteiger partial charge in [-0.15, -0.1) is 0 Å². The number of hydrogen-bond acceptors (Lipinski definition) is 2. The van der Waals surface area contributed by atoms with Crippen molar-refractivity contribution in [1.29, 1.82) is 0 Å². The minimum Gasteiger partial charge on any atom is -0.370 e. The number of primary amides is 1. The van der Waals surface area contributed by atoms with E-state index < -0.39 is 0 Å². The van der Waals surface area contributed by atoms with Gasteiger partial charge in [0, 0.05) is 18.3 Å². The number of amides is 1. The van der Waals surface area contributed by atoms with Crippen LogP contribution in [0.5, 0.6) is 0 Å². The molecule has 2 heterocycles. The van der Waals surface area contributed by atoms with E-state index in [1.54, 1.807) is 0 Å². The van der Waals surface area contributed by atoms with E-state index in [0.717, 1.165) is 17.0 Å². The summed E-state index contributed by atoms with van der Waals surface area (Å²) in [5.74, 6) is -0.278. The molecule has 0 bridgehead atoms. The second-order valence-electron chi connectivity index (χ2n) is 3.54. The number of nitrogens with two attached hydrogens (primary N) is 1. The summed E-state index contributed by atoms with van der Waals surface area (Å²) in [6.45, 7) is 1.95. The number of carbonyl (C=O) groups is 1.